The number of pyridine rings is 1. The maximum absolute atomic E-state index is 12.2. The van der Waals surface area contributed by atoms with Crippen molar-refractivity contribution >= 4 is 5.91 Å². The normalized spacial score (nSPS) is 10.6. The summed E-state index contributed by atoms with van der Waals surface area (Å²) in [4.78, 5) is 16.4. The molecule has 22 heavy (non-hydrogen) atoms. The molecule has 1 amide bonds. The van der Waals surface area contributed by atoms with E-state index >= 15 is 0 Å². The standard InChI is InChI=1S/C15H16N6O/c1-11-13(10-19-20(11)2)15(22)17-9-12-4-6-16-14(8-12)21-7-3-5-18-21/h3-8,10H,9H2,1-2H3,(H,17,22). The molecule has 0 saturated carbocycles. The van der Waals surface area contributed by atoms with E-state index in [2.05, 4.69) is 20.5 Å². The van der Waals surface area contributed by atoms with E-state index < -0.39 is 0 Å². The van der Waals surface area contributed by atoms with Crippen molar-refractivity contribution in [2.75, 3.05) is 0 Å². The van der Waals surface area contributed by atoms with Crippen LogP contribution in [0.4, 0.5) is 0 Å². The van der Waals surface area contributed by atoms with Gasteiger partial charge < -0.3 is 5.32 Å². The number of rotatable bonds is 4. The zero-order valence-corrected chi connectivity index (χ0v) is 12.4. The van der Waals surface area contributed by atoms with Crippen LogP contribution in [0.2, 0.25) is 0 Å². The van der Waals surface area contributed by atoms with E-state index in [-0.39, 0.29) is 5.91 Å². The first-order valence-corrected chi connectivity index (χ1v) is 6.87. The number of nitrogens with zero attached hydrogens (tertiary/aromatic N) is 5. The molecule has 0 atom stereocenters. The third-order valence-corrected chi connectivity index (χ3v) is 3.48. The van der Waals surface area contributed by atoms with Crippen LogP contribution in [0.15, 0.2) is 43.0 Å². The Balaban J connectivity index is 1.70. The highest BCUT2D eigenvalue weighted by Gasteiger charge is 2.12. The summed E-state index contributed by atoms with van der Waals surface area (Å²) < 4.78 is 3.35. The van der Waals surface area contributed by atoms with Crippen LogP contribution < -0.4 is 5.32 Å². The van der Waals surface area contributed by atoms with Crippen LogP contribution in [0, 0.1) is 6.92 Å². The van der Waals surface area contributed by atoms with E-state index in [1.807, 2.05) is 38.4 Å². The summed E-state index contributed by atoms with van der Waals surface area (Å²) in [5.74, 6) is 0.581. The van der Waals surface area contributed by atoms with Gasteiger partial charge in [-0.2, -0.15) is 10.2 Å². The molecule has 3 aromatic heterocycles. The minimum Gasteiger partial charge on any atom is -0.348 e. The largest absolute Gasteiger partial charge is 0.348 e. The van der Waals surface area contributed by atoms with E-state index in [0.717, 1.165) is 11.3 Å². The summed E-state index contributed by atoms with van der Waals surface area (Å²) in [7, 11) is 1.81. The summed E-state index contributed by atoms with van der Waals surface area (Å²) in [5, 5.41) is 11.1. The van der Waals surface area contributed by atoms with Gasteiger partial charge in [0.15, 0.2) is 5.82 Å². The van der Waals surface area contributed by atoms with Crippen molar-refractivity contribution in [2.24, 2.45) is 7.05 Å². The van der Waals surface area contributed by atoms with Gasteiger partial charge in [0.05, 0.1) is 11.8 Å². The molecule has 0 radical (unpaired) electrons. The van der Waals surface area contributed by atoms with Gasteiger partial charge in [-0.15, -0.1) is 0 Å². The number of aryl methyl sites for hydroxylation is 1. The molecule has 0 aliphatic rings. The van der Waals surface area contributed by atoms with Gasteiger partial charge in [0.25, 0.3) is 5.91 Å². The summed E-state index contributed by atoms with van der Waals surface area (Å²) in [6.07, 6.45) is 6.80. The molecular weight excluding hydrogens is 280 g/mol. The van der Waals surface area contributed by atoms with Crippen LogP contribution >= 0.6 is 0 Å². The van der Waals surface area contributed by atoms with Crippen LogP contribution in [0.1, 0.15) is 21.6 Å². The second kappa shape index (κ2) is 5.80. The Morgan fingerprint density at radius 1 is 1.32 bits per heavy atom. The van der Waals surface area contributed by atoms with Crippen LogP contribution in [-0.4, -0.2) is 30.5 Å². The van der Waals surface area contributed by atoms with Crippen molar-refractivity contribution in [3.8, 4) is 5.82 Å². The Hall–Kier alpha value is -2.96. The van der Waals surface area contributed by atoms with Crippen molar-refractivity contribution in [2.45, 2.75) is 13.5 Å². The molecule has 7 nitrogen and oxygen atoms in total. The van der Waals surface area contributed by atoms with E-state index in [4.69, 9.17) is 0 Å². The molecule has 3 aromatic rings. The quantitative estimate of drug-likeness (QED) is 0.785. The predicted molar refractivity (Wildman–Crippen MR) is 80.5 cm³/mol. The van der Waals surface area contributed by atoms with Crippen LogP contribution in [0.3, 0.4) is 0 Å². The highest BCUT2D eigenvalue weighted by atomic mass is 16.1. The van der Waals surface area contributed by atoms with Crippen molar-refractivity contribution in [1.82, 2.24) is 29.9 Å². The van der Waals surface area contributed by atoms with Gasteiger partial charge in [-0.25, -0.2) is 9.67 Å². The molecule has 7 heteroatoms. The average molecular weight is 296 g/mol. The number of carbonyl (C=O) groups excluding carboxylic acids is 1. The second-order valence-corrected chi connectivity index (χ2v) is 4.92. The molecule has 0 fully saturated rings. The SMILES string of the molecule is Cc1c(C(=O)NCc2ccnc(-n3cccn3)c2)cnn1C. The number of hydrogen-bond donors (Lipinski definition) is 1. The van der Waals surface area contributed by atoms with Gasteiger partial charge in [-0.3, -0.25) is 9.48 Å². The molecule has 0 bridgehead atoms. The van der Waals surface area contributed by atoms with Gasteiger partial charge in [-0.1, -0.05) is 0 Å². The summed E-state index contributed by atoms with van der Waals surface area (Å²) >= 11 is 0. The van der Waals surface area contributed by atoms with Gasteiger partial charge in [0.2, 0.25) is 0 Å². The third-order valence-electron chi connectivity index (χ3n) is 3.48. The number of nitrogens with one attached hydrogen (secondary N) is 1. The van der Waals surface area contributed by atoms with Gasteiger partial charge in [-0.05, 0) is 30.7 Å². The van der Waals surface area contributed by atoms with Gasteiger partial charge in [0.1, 0.15) is 0 Å². The molecule has 0 saturated heterocycles. The van der Waals surface area contributed by atoms with Crippen molar-refractivity contribution in [3.63, 3.8) is 0 Å². The van der Waals surface area contributed by atoms with E-state index in [0.29, 0.717) is 17.9 Å². The molecule has 0 aromatic carbocycles. The molecule has 3 heterocycles. The number of amides is 1. The minimum absolute atomic E-state index is 0.136. The first kappa shape index (κ1) is 14.0. The first-order chi connectivity index (χ1) is 10.6. The lowest BCUT2D eigenvalue weighted by Crippen LogP contribution is -2.23. The predicted octanol–water partition coefficient (Wildman–Crippen LogP) is 1.24. The monoisotopic (exact) mass is 296 g/mol. The fourth-order valence-electron chi connectivity index (χ4n) is 2.10. The molecule has 1 N–H and O–H groups in total. The Bertz CT molecular complexity index is 790. The Kier molecular flexibility index (Phi) is 3.69. The molecular formula is C15H16N6O. The fourth-order valence-corrected chi connectivity index (χ4v) is 2.10. The summed E-state index contributed by atoms with van der Waals surface area (Å²) in [6, 6.07) is 5.59. The molecule has 0 aliphatic heterocycles. The number of aromatic nitrogens is 5. The second-order valence-electron chi connectivity index (χ2n) is 4.92. The lowest BCUT2D eigenvalue weighted by atomic mass is 10.2. The Labute approximate surface area is 127 Å². The van der Waals surface area contributed by atoms with Crippen molar-refractivity contribution < 1.29 is 4.79 Å². The van der Waals surface area contributed by atoms with E-state index in [9.17, 15) is 4.79 Å². The van der Waals surface area contributed by atoms with Crippen molar-refractivity contribution in [3.05, 3.63) is 59.8 Å². The molecule has 0 unspecified atom stereocenters. The summed E-state index contributed by atoms with van der Waals surface area (Å²) in [5.41, 5.74) is 2.38. The lowest BCUT2D eigenvalue weighted by Gasteiger charge is -2.07. The van der Waals surface area contributed by atoms with Crippen LogP contribution in [0.5, 0.6) is 0 Å². The maximum Gasteiger partial charge on any atom is 0.255 e. The zero-order chi connectivity index (χ0) is 15.5. The number of carbonyl (C=O) groups is 1. The first-order valence-electron chi connectivity index (χ1n) is 6.87. The van der Waals surface area contributed by atoms with Crippen LogP contribution in [-0.2, 0) is 13.6 Å². The average Bonchev–Trinajstić information content (AvgIpc) is 3.17. The smallest absolute Gasteiger partial charge is 0.255 e. The van der Waals surface area contributed by atoms with Crippen LogP contribution in [0.25, 0.3) is 5.82 Å². The Morgan fingerprint density at radius 3 is 2.86 bits per heavy atom. The van der Waals surface area contributed by atoms with Gasteiger partial charge >= 0.3 is 0 Å². The van der Waals surface area contributed by atoms with Gasteiger partial charge in [0, 0.05) is 37.9 Å². The highest BCUT2D eigenvalue weighted by molar-refractivity contribution is 5.94. The zero-order valence-electron chi connectivity index (χ0n) is 12.4. The van der Waals surface area contributed by atoms with E-state index in [1.54, 1.807) is 28.0 Å². The molecule has 0 spiro atoms. The Morgan fingerprint density at radius 2 is 2.18 bits per heavy atom. The number of hydrogen-bond acceptors (Lipinski definition) is 4. The summed E-state index contributed by atoms with van der Waals surface area (Å²) in [6.45, 7) is 2.29. The van der Waals surface area contributed by atoms with Crippen molar-refractivity contribution in [1.29, 1.82) is 0 Å². The minimum atomic E-state index is -0.136. The topological polar surface area (TPSA) is 77.6 Å². The highest BCUT2D eigenvalue weighted by Crippen LogP contribution is 2.08. The fraction of sp³-hybridized carbons (Fsp3) is 0.200. The third kappa shape index (κ3) is 2.73. The van der Waals surface area contributed by atoms with E-state index in [1.165, 1.54) is 0 Å². The molecule has 0 aliphatic carbocycles. The lowest BCUT2D eigenvalue weighted by molar-refractivity contribution is 0.0950. The molecule has 3 rings (SSSR count). The molecule has 112 valence electrons. The maximum atomic E-state index is 12.2.